The molecule has 3 rings (SSSR count). The topological polar surface area (TPSA) is 93.9 Å². The van der Waals surface area contributed by atoms with E-state index >= 15 is 0 Å². The minimum absolute atomic E-state index is 0.0456. The molecule has 1 saturated heterocycles. The molecule has 0 aromatic heterocycles. The number of hydrogen-bond acceptors (Lipinski definition) is 5. The molecule has 1 aliphatic heterocycles. The average molecular weight is 471 g/mol. The number of benzene rings is 1. The Morgan fingerprint density at radius 3 is 2.29 bits per heavy atom. The van der Waals surface area contributed by atoms with Gasteiger partial charge in [-0.05, 0) is 71.8 Å². The summed E-state index contributed by atoms with van der Waals surface area (Å²) in [5.74, 6) is -0.452. The third-order valence-corrected chi connectivity index (χ3v) is 8.01. The molecule has 2 fully saturated rings. The van der Waals surface area contributed by atoms with Crippen LogP contribution in [0.2, 0.25) is 6.32 Å². The molecule has 34 heavy (non-hydrogen) atoms. The van der Waals surface area contributed by atoms with Gasteiger partial charge >= 0.3 is 7.12 Å². The number of nitrogens with zero attached hydrogens (tertiary/aromatic N) is 1. The normalized spacial score (nSPS) is 28.1. The summed E-state index contributed by atoms with van der Waals surface area (Å²) in [6.45, 7) is 11.1. The van der Waals surface area contributed by atoms with E-state index in [9.17, 15) is 9.59 Å². The maximum absolute atomic E-state index is 12.9. The van der Waals surface area contributed by atoms with Gasteiger partial charge in [0.15, 0.2) is 0 Å². The molecule has 8 heteroatoms. The quantitative estimate of drug-likeness (QED) is 0.539. The molecule has 188 valence electrons. The Morgan fingerprint density at radius 1 is 1.12 bits per heavy atom. The van der Waals surface area contributed by atoms with Gasteiger partial charge in [-0.1, -0.05) is 36.8 Å². The Bertz CT molecular complexity index is 847. The first-order valence-electron chi connectivity index (χ1n) is 12.5. The maximum Gasteiger partial charge on any atom is 0.457 e. The van der Waals surface area contributed by atoms with Crippen molar-refractivity contribution in [2.24, 2.45) is 17.6 Å². The van der Waals surface area contributed by atoms with E-state index in [1.54, 1.807) is 0 Å². The standard InChI is InChI=1S/C26H42BN3O4/c1-19(31)29-26(23(28)32)16-20(14-15-27-33-24(2,3)25(4,5)34-27)12-13-22(26)18-30(6)17-21-10-8-7-9-11-21/h7-11,20,22H,12-18H2,1-6H3,(H2,28,32)(H,29,31). The number of nitrogens with two attached hydrogens (primary N) is 1. The largest absolute Gasteiger partial charge is 0.457 e. The van der Waals surface area contributed by atoms with Crippen LogP contribution in [0.15, 0.2) is 30.3 Å². The predicted molar refractivity (Wildman–Crippen MR) is 135 cm³/mol. The monoisotopic (exact) mass is 471 g/mol. The molecule has 3 atom stereocenters. The minimum atomic E-state index is -1.05. The van der Waals surface area contributed by atoms with Gasteiger partial charge in [0.2, 0.25) is 11.8 Å². The number of carbonyl (C=O) groups excluding carboxylic acids is 2. The minimum Gasteiger partial charge on any atom is -0.403 e. The van der Waals surface area contributed by atoms with E-state index in [-0.39, 0.29) is 36.1 Å². The van der Waals surface area contributed by atoms with Crippen LogP contribution in [0.3, 0.4) is 0 Å². The highest BCUT2D eigenvalue weighted by Crippen LogP contribution is 2.42. The molecule has 0 radical (unpaired) electrons. The zero-order valence-electron chi connectivity index (χ0n) is 21.7. The van der Waals surface area contributed by atoms with Crippen molar-refractivity contribution in [2.45, 2.75) is 89.9 Å². The van der Waals surface area contributed by atoms with Crippen molar-refractivity contribution in [2.75, 3.05) is 13.6 Å². The molecule has 7 nitrogen and oxygen atoms in total. The molecular formula is C26H42BN3O4. The molecule has 3 unspecified atom stereocenters. The van der Waals surface area contributed by atoms with Gasteiger partial charge < -0.3 is 25.3 Å². The summed E-state index contributed by atoms with van der Waals surface area (Å²) in [7, 11) is 1.79. The predicted octanol–water partition coefficient (Wildman–Crippen LogP) is 3.38. The van der Waals surface area contributed by atoms with Crippen LogP contribution in [-0.2, 0) is 25.4 Å². The van der Waals surface area contributed by atoms with Crippen LogP contribution in [-0.4, -0.2) is 54.2 Å². The summed E-state index contributed by atoms with van der Waals surface area (Å²) in [5, 5.41) is 3.00. The maximum atomic E-state index is 12.9. The highest BCUT2D eigenvalue weighted by atomic mass is 16.7. The van der Waals surface area contributed by atoms with E-state index in [1.165, 1.54) is 12.5 Å². The van der Waals surface area contributed by atoms with Gasteiger partial charge in [-0.25, -0.2) is 0 Å². The lowest BCUT2D eigenvalue weighted by molar-refractivity contribution is -0.136. The third kappa shape index (κ3) is 6.02. The summed E-state index contributed by atoms with van der Waals surface area (Å²) >= 11 is 0. The number of carbonyl (C=O) groups is 2. The van der Waals surface area contributed by atoms with Crippen LogP contribution < -0.4 is 11.1 Å². The van der Waals surface area contributed by atoms with Crippen LogP contribution in [0.1, 0.15) is 65.9 Å². The van der Waals surface area contributed by atoms with Crippen LogP contribution in [0.4, 0.5) is 0 Å². The Hall–Kier alpha value is -1.90. The van der Waals surface area contributed by atoms with Crippen molar-refractivity contribution in [3.05, 3.63) is 35.9 Å². The van der Waals surface area contributed by atoms with Crippen LogP contribution in [0, 0.1) is 11.8 Å². The number of primary amides is 1. The number of rotatable bonds is 9. The second-order valence-corrected chi connectivity index (χ2v) is 11.3. The molecule has 1 aromatic carbocycles. The first-order chi connectivity index (χ1) is 15.8. The number of amides is 2. The summed E-state index contributed by atoms with van der Waals surface area (Å²) in [6.07, 6.45) is 3.97. The molecule has 1 saturated carbocycles. The lowest BCUT2D eigenvalue weighted by atomic mass is 9.65. The molecule has 1 aliphatic carbocycles. The fourth-order valence-corrected chi connectivity index (χ4v) is 5.52. The molecule has 0 spiro atoms. The lowest BCUT2D eigenvalue weighted by Gasteiger charge is -2.46. The molecular weight excluding hydrogens is 429 g/mol. The van der Waals surface area contributed by atoms with E-state index in [1.807, 2.05) is 18.2 Å². The summed E-state index contributed by atoms with van der Waals surface area (Å²) in [6, 6.07) is 10.2. The highest BCUT2D eigenvalue weighted by Gasteiger charge is 2.52. The van der Waals surface area contributed by atoms with Crippen LogP contribution in [0.5, 0.6) is 0 Å². The first kappa shape index (κ1) is 26.7. The molecule has 3 N–H and O–H groups in total. The van der Waals surface area contributed by atoms with E-state index in [0.717, 1.165) is 32.1 Å². The zero-order valence-corrected chi connectivity index (χ0v) is 21.7. The smallest absolute Gasteiger partial charge is 0.403 e. The van der Waals surface area contributed by atoms with Crippen molar-refractivity contribution in [3.63, 3.8) is 0 Å². The van der Waals surface area contributed by atoms with E-state index in [0.29, 0.717) is 13.0 Å². The number of nitrogens with one attached hydrogen (secondary N) is 1. The molecule has 1 aromatic rings. The summed E-state index contributed by atoms with van der Waals surface area (Å²) in [5.41, 5.74) is 5.46. The van der Waals surface area contributed by atoms with Gasteiger partial charge in [-0.3, -0.25) is 9.59 Å². The van der Waals surface area contributed by atoms with Crippen molar-refractivity contribution in [1.82, 2.24) is 10.2 Å². The fourth-order valence-electron chi connectivity index (χ4n) is 5.52. The van der Waals surface area contributed by atoms with E-state index in [2.05, 4.69) is 57.1 Å². The van der Waals surface area contributed by atoms with Gasteiger partial charge in [0.25, 0.3) is 0 Å². The van der Waals surface area contributed by atoms with Gasteiger partial charge in [0.1, 0.15) is 5.54 Å². The number of hydrogen-bond donors (Lipinski definition) is 2. The molecule has 2 amide bonds. The second-order valence-electron chi connectivity index (χ2n) is 11.3. The van der Waals surface area contributed by atoms with E-state index < -0.39 is 11.4 Å². The first-order valence-corrected chi connectivity index (χ1v) is 12.5. The van der Waals surface area contributed by atoms with Crippen molar-refractivity contribution in [1.29, 1.82) is 0 Å². The SMILES string of the molecule is CC(=O)NC1(C(N)=O)CC(CCB2OC(C)(C)C(C)(C)O2)CCC1CN(C)Cc1ccccc1. The van der Waals surface area contributed by atoms with Crippen molar-refractivity contribution in [3.8, 4) is 0 Å². The Balaban J connectivity index is 1.68. The average Bonchev–Trinajstić information content (AvgIpc) is 2.94. The summed E-state index contributed by atoms with van der Waals surface area (Å²) < 4.78 is 12.3. The van der Waals surface area contributed by atoms with Crippen LogP contribution >= 0.6 is 0 Å². The molecule has 0 bridgehead atoms. The van der Waals surface area contributed by atoms with Crippen molar-refractivity contribution >= 4 is 18.9 Å². The Morgan fingerprint density at radius 2 is 1.74 bits per heavy atom. The summed E-state index contributed by atoms with van der Waals surface area (Å²) in [4.78, 5) is 27.3. The van der Waals surface area contributed by atoms with Gasteiger partial charge in [0, 0.05) is 25.9 Å². The van der Waals surface area contributed by atoms with Gasteiger partial charge in [-0.15, -0.1) is 0 Å². The van der Waals surface area contributed by atoms with Crippen LogP contribution in [0.25, 0.3) is 0 Å². The second kappa shape index (κ2) is 10.4. The highest BCUT2D eigenvalue weighted by molar-refractivity contribution is 6.45. The Labute approximate surface area is 205 Å². The van der Waals surface area contributed by atoms with Crippen molar-refractivity contribution < 1.29 is 18.9 Å². The zero-order chi connectivity index (χ0) is 25.1. The van der Waals surface area contributed by atoms with E-state index in [4.69, 9.17) is 15.0 Å². The molecule has 2 aliphatic rings. The third-order valence-electron chi connectivity index (χ3n) is 8.01. The van der Waals surface area contributed by atoms with Gasteiger partial charge in [-0.2, -0.15) is 0 Å². The van der Waals surface area contributed by atoms with Gasteiger partial charge in [0.05, 0.1) is 11.2 Å². The lowest BCUT2D eigenvalue weighted by Crippen LogP contribution is -2.65. The molecule has 1 heterocycles. The Kier molecular flexibility index (Phi) is 8.16. The fraction of sp³-hybridized carbons (Fsp3) is 0.692.